The molecule has 2 nitrogen and oxygen atoms in total. The fourth-order valence-corrected chi connectivity index (χ4v) is 4.53. The Kier molecular flexibility index (Phi) is 3.83. The molecule has 3 rings (SSSR count). The average molecular weight is 291 g/mol. The number of hydrogen-bond donors (Lipinski definition) is 1. The van der Waals surface area contributed by atoms with E-state index in [2.05, 4.69) is 19.0 Å². The summed E-state index contributed by atoms with van der Waals surface area (Å²) < 4.78 is 13.9. The van der Waals surface area contributed by atoms with Crippen LogP contribution in [0.5, 0.6) is 0 Å². The molecule has 0 aliphatic heterocycles. The molecule has 0 saturated heterocycles. The predicted molar refractivity (Wildman–Crippen MR) is 83.0 cm³/mol. The number of rotatable bonds is 3. The monoisotopic (exact) mass is 291 g/mol. The predicted octanol–water partition coefficient (Wildman–Crippen LogP) is 3.27. The number of aliphatic hydroxyl groups is 1. The molecule has 1 fully saturated rings. The van der Waals surface area contributed by atoms with E-state index in [-0.39, 0.29) is 11.2 Å². The molecular formula is C18H26FNO. The van der Waals surface area contributed by atoms with Crippen molar-refractivity contribution >= 4 is 0 Å². The molecule has 0 spiro atoms. The van der Waals surface area contributed by atoms with Gasteiger partial charge in [-0.1, -0.05) is 18.9 Å². The average Bonchev–Trinajstić information content (AvgIpc) is 2.45. The van der Waals surface area contributed by atoms with Crippen molar-refractivity contribution in [3.63, 3.8) is 0 Å². The molecule has 1 N–H and O–H groups in total. The molecule has 2 atom stereocenters. The van der Waals surface area contributed by atoms with Crippen molar-refractivity contribution in [2.24, 2.45) is 0 Å². The Labute approximate surface area is 127 Å². The maximum atomic E-state index is 13.9. The standard InChI is InChI=1S/C18H26FNO/c1-20(2)12-11-17-8-3-4-9-18(17,21)10-7-14-5-6-15(19)13-16(14)17/h5-6,13,21H,3-4,7-12H2,1-2H3. The number of nitrogens with zero attached hydrogens (tertiary/aromatic N) is 1. The van der Waals surface area contributed by atoms with Gasteiger partial charge >= 0.3 is 0 Å². The minimum absolute atomic E-state index is 0.173. The van der Waals surface area contributed by atoms with E-state index >= 15 is 0 Å². The van der Waals surface area contributed by atoms with Crippen molar-refractivity contribution in [1.29, 1.82) is 0 Å². The fourth-order valence-electron chi connectivity index (χ4n) is 4.53. The van der Waals surface area contributed by atoms with Crippen molar-refractivity contribution in [3.05, 3.63) is 35.1 Å². The van der Waals surface area contributed by atoms with E-state index in [0.717, 1.165) is 57.1 Å². The molecule has 2 aliphatic rings. The highest BCUT2D eigenvalue weighted by molar-refractivity contribution is 5.42. The number of aryl methyl sites for hydroxylation is 1. The zero-order valence-electron chi connectivity index (χ0n) is 13.2. The lowest BCUT2D eigenvalue weighted by molar-refractivity contribution is -0.0888. The van der Waals surface area contributed by atoms with Gasteiger partial charge in [-0.2, -0.15) is 0 Å². The van der Waals surface area contributed by atoms with E-state index in [4.69, 9.17) is 0 Å². The molecule has 21 heavy (non-hydrogen) atoms. The van der Waals surface area contributed by atoms with Crippen molar-refractivity contribution in [2.45, 2.75) is 56.0 Å². The Bertz CT molecular complexity index is 530. The van der Waals surface area contributed by atoms with Crippen molar-refractivity contribution in [3.8, 4) is 0 Å². The summed E-state index contributed by atoms with van der Waals surface area (Å²) in [6.07, 6.45) is 6.66. The van der Waals surface area contributed by atoms with Gasteiger partial charge in [-0.25, -0.2) is 4.39 Å². The topological polar surface area (TPSA) is 23.5 Å². The van der Waals surface area contributed by atoms with E-state index in [1.165, 1.54) is 5.56 Å². The zero-order valence-corrected chi connectivity index (χ0v) is 13.2. The van der Waals surface area contributed by atoms with Gasteiger partial charge in [0.25, 0.3) is 0 Å². The third kappa shape index (κ3) is 2.40. The SMILES string of the molecule is CN(C)CCC12CCCCC1(O)CCc1ccc(F)cc12. The molecule has 3 heteroatoms. The van der Waals surface area contributed by atoms with Crippen LogP contribution in [0.15, 0.2) is 18.2 Å². The Morgan fingerprint density at radius 2 is 1.95 bits per heavy atom. The third-order valence-electron chi connectivity index (χ3n) is 5.72. The molecule has 0 bridgehead atoms. The number of hydrogen-bond acceptors (Lipinski definition) is 2. The molecule has 2 aliphatic carbocycles. The summed E-state index contributed by atoms with van der Waals surface area (Å²) in [5.74, 6) is -0.173. The Morgan fingerprint density at radius 3 is 2.71 bits per heavy atom. The molecule has 0 amide bonds. The van der Waals surface area contributed by atoms with Gasteiger partial charge < -0.3 is 10.0 Å². The van der Waals surface area contributed by atoms with E-state index in [9.17, 15) is 9.50 Å². The van der Waals surface area contributed by atoms with Gasteiger partial charge in [0.1, 0.15) is 5.82 Å². The first-order valence-corrected chi connectivity index (χ1v) is 8.13. The Morgan fingerprint density at radius 1 is 1.19 bits per heavy atom. The van der Waals surface area contributed by atoms with Crippen LogP contribution in [0.25, 0.3) is 0 Å². The maximum absolute atomic E-state index is 13.9. The summed E-state index contributed by atoms with van der Waals surface area (Å²) in [6, 6.07) is 5.18. The molecule has 1 aromatic carbocycles. The minimum atomic E-state index is -0.651. The summed E-state index contributed by atoms with van der Waals surface area (Å²) in [6.45, 7) is 0.929. The largest absolute Gasteiger partial charge is 0.389 e. The van der Waals surface area contributed by atoms with Gasteiger partial charge in [-0.15, -0.1) is 0 Å². The Balaban J connectivity index is 2.09. The number of fused-ring (bicyclic) bond motifs is 3. The number of halogens is 1. The van der Waals surface area contributed by atoms with Crippen molar-refractivity contribution in [1.82, 2.24) is 4.90 Å². The van der Waals surface area contributed by atoms with Crippen LogP contribution in [0, 0.1) is 5.82 Å². The van der Waals surface area contributed by atoms with E-state index in [0.29, 0.717) is 0 Å². The highest BCUT2D eigenvalue weighted by Crippen LogP contribution is 2.54. The molecule has 0 radical (unpaired) electrons. The summed E-state index contributed by atoms with van der Waals surface area (Å²) in [5, 5.41) is 11.4. The smallest absolute Gasteiger partial charge is 0.123 e. The molecule has 1 aromatic rings. The first-order valence-electron chi connectivity index (χ1n) is 8.13. The van der Waals surface area contributed by atoms with E-state index < -0.39 is 5.60 Å². The van der Waals surface area contributed by atoms with Gasteiger partial charge in [0, 0.05) is 5.41 Å². The lowest BCUT2D eigenvalue weighted by Crippen LogP contribution is -2.57. The van der Waals surface area contributed by atoms with Crippen LogP contribution in [0.4, 0.5) is 4.39 Å². The van der Waals surface area contributed by atoms with Crippen LogP contribution in [-0.4, -0.2) is 36.2 Å². The molecule has 116 valence electrons. The summed E-state index contributed by atoms with van der Waals surface area (Å²) in [7, 11) is 4.13. The van der Waals surface area contributed by atoms with Crippen LogP contribution in [0.3, 0.4) is 0 Å². The highest BCUT2D eigenvalue weighted by atomic mass is 19.1. The second-order valence-corrected chi connectivity index (χ2v) is 7.18. The van der Waals surface area contributed by atoms with Gasteiger partial charge in [0.15, 0.2) is 0 Å². The van der Waals surface area contributed by atoms with E-state index in [1.54, 1.807) is 12.1 Å². The minimum Gasteiger partial charge on any atom is -0.389 e. The van der Waals surface area contributed by atoms with Gasteiger partial charge in [0.2, 0.25) is 0 Å². The van der Waals surface area contributed by atoms with E-state index in [1.807, 2.05) is 6.07 Å². The second-order valence-electron chi connectivity index (χ2n) is 7.18. The second kappa shape index (κ2) is 5.36. The van der Waals surface area contributed by atoms with Gasteiger partial charge in [0.05, 0.1) is 5.60 Å². The Hall–Kier alpha value is -0.930. The third-order valence-corrected chi connectivity index (χ3v) is 5.72. The maximum Gasteiger partial charge on any atom is 0.123 e. The lowest BCUT2D eigenvalue weighted by atomic mass is 9.53. The number of benzene rings is 1. The summed E-state index contributed by atoms with van der Waals surface area (Å²) in [4.78, 5) is 2.16. The quantitative estimate of drug-likeness (QED) is 0.924. The van der Waals surface area contributed by atoms with Crippen LogP contribution in [0.2, 0.25) is 0 Å². The highest BCUT2D eigenvalue weighted by Gasteiger charge is 2.54. The summed E-state index contributed by atoms with van der Waals surface area (Å²) >= 11 is 0. The molecule has 2 unspecified atom stereocenters. The molecule has 0 aromatic heterocycles. The fraction of sp³-hybridized carbons (Fsp3) is 0.667. The van der Waals surface area contributed by atoms with Crippen LogP contribution in [-0.2, 0) is 11.8 Å². The molecular weight excluding hydrogens is 265 g/mol. The normalized spacial score (nSPS) is 31.9. The lowest BCUT2D eigenvalue weighted by Gasteiger charge is -2.55. The molecule has 1 saturated carbocycles. The summed E-state index contributed by atoms with van der Waals surface area (Å²) in [5.41, 5.74) is 1.41. The first-order chi connectivity index (χ1) is 9.97. The zero-order chi connectivity index (χ0) is 15.1. The first kappa shape index (κ1) is 15.0. The van der Waals surface area contributed by atoms with Crippen LogP contribution in [0.1, 0.15) is 49.7 Å². The van der Waals surface area contributed by atoms with Crippen molar-refractivity contribution < 1.29 is 9.50 Å². The van der Waals surface area contributed by atoms with Crippen LogP contribution >= 0.6 is 0 Å². The van der Waals surface area contributed by atoms with Gasteiger partial charge in [-0.3, -0.25) is 0 Å². The molecule has 0 heterocycles. The van der Waals surface area contributed by atoms with Crippen molar-refractivity contribution in [2.75, 3.05) is 20.6 Å². The van der Waals surface area contributed by atoms with Crippen LogP contribution < -0.4 is 0 Å². The van der Waals surface area contributed by atoms with Gasteiger partial charge in [-0.05, 0) is 76.0 Å².